The third-order valence-electron chi connectivity index (χ3n) is 2.18. The Hall–Kier alpha value is -0.820. The highest BCUT2D eigenvalue weighted by molar-refractivity contribution is 9.10. The molecule has 1 rings (SSSR count). The van der Waals surface area contributed by atoms with Gasteiger partial charge >= 0.3 is 5.69 Å². The smallest absolute Gasteiger partial charge is 0.312 e. The minimum atomic E-state index is -0.926. The quantitative estimate of drug-likeness (QED) is 0.625. The molecule has 1 N–H and O–H groups in total. The second-order valence-electron chi connectivity index (χ2n) is 3.62. The molecule has 104 valence electrons. The molecule has 0 aliphatic rings. The molecule has 0 bridgehead atoms. The van der Waals surface area contributed by atoms with Gasteiger partial charge in [-0.25, -0.2) is 0 Å². The summed E-state index contributed by atoms with van der Waals surface area (Å²) in [4.78, 5) is 10.4. The molecule has 1 unspecified atom stereocenters. The van der Waals surface area contributed by atoms with Crippen LogP contribution in [0.15, 0.2) is 27.2 Å². The van der Waals surface area contributed by atoms with E-state index in [0.29, 0.717) is 10.0 Å². The molecule has 0 radical (unpaired) electrons. The first-order valence-electron chi connectivity index (χ1n) is 5.10. The molecule has 5 nitrogen and oxygen atoms in total. The van der Waals surface area contributed by atoms with Crippen molar-refractivity contribution < 1.29 is 14.8 Å². The standard InChI is InChI=1S/C11H10BrCl2NO4/c1-6(16)9-2-7(12)3-10(15(17)18)11(9)19-5-8(14)4-13/h2-4,6,16H,5H2,1H3/b8-4-. The first-order chi connectivity index (χ1) is 8.86. The van der Waals surface area contributed by atoms with Crippen molar-refractivity contribution in [1.29, 1.82) is 0 Å². The molecule has 0 aliphatic carbocycles. The lowest BCUT2D eigenvalue weighted by molar-refractivity contribution is -0.386. The number of rotatable bonds is 5. The van der Waals surface area contributed by atoms with Crippen molar-refractivity contribution in [2.24, 2.45) is 0 Å². The van der Waals surface area contributed by atoms with Crippen LogP contribution in [0, 0.1) is 10.1 Å². The van der Waals surface area contributed by atoms with Gasteiger partial charge in [-0.1, -0.05) is 39.1 Å². The van der Waals surface area contributed by atoms with Gasteiger partial charge in [-0.05, 0) is 13.0 Å². The van der Waals surface area contributed by atoms with Crippen LogP contribution >= 0.6 is 39.1 Å². The number of halogens is 3. The Morgan fingerprint density at radius 3 is 2.79 bits per heavy atom. The Bertz CT molecular complexity index is 520. The monoisotopic (exact) mass is 369 g/mol. The van der Waals surface area contributed by atoms with E-state index in [1.807, 2.05) is 0 Å². The zero-order chi connectivity index (χ0) is 14.6. The number of nitrogens with zero attached hydrogens (tertiary/aromatic N) is 1. The highest BCUT2D eigenvalue weighted by Gasteiger charge is 2.23. The van der Waals surface area contributed by atoms with Crippen LogP contribution in [-0.4, -0.2) is 16.6 Å². The van der Waals surface area contributed by atoms with Gasteiger partial charge < -0.3 is 9.84 Å². The number of hydrogen-bond donors (Lipinski definition) is 1. The van der Waals surface area contributed by atoms with Gasteiger partial charge in [0.05, 0.1) is 16.1 Å². The van der Waals surface area contributed by atoms with Gasteiger partial charge in [0.1, 0.15) is 6.61 Å². The van der Waals surface area contributed by atoms with Crippen LogP contribution in [0.5, 0.6) is 5.75 Å². The SMILES string of the molecule is CC(O)c1cc(Br)cc([N+](=O)[O-])c1OC/C(Cl)=C/Cl. The molecule has 0 aliphatic heterocycles. The van der Waals surface area contributed by atoms with Gasteiger partial charge in [0, 0.05) is 21.6 Å². The third kappa shape index (κ3) is 4.35. The summed E-state index contributed by atoms with van der Waals surface area (Å²) in [6.45, 7) is 1.37. The fourth-order valence-corrected chi connectivity index (χ4v) is 1.96. The molecule has 0 amide bonds. The van der Waals surface area contributed by atoms with Crippen molar-refractivity contribution in [3.63, 3.8) is 0 Å². The van der Waals surface area contributed by atoms with Crippen LogP contribution in [-0.2, 0) is 0 Å². The molecule has 0 spiro atoms. The first kappa shape index (κ1) is 16.2. The zero-order valence-corrected chi connectivity index (χ0v) is 12.9. The van der Waals surface area contributed by atoms with Crippen molar-refractivity contribution in [2.45, 2.75) is 13.0 Å². The third-order valence-corrected chi connectivity index (χ3v) is 3.23. The fourth-order valence-electron chi connectivity index (χ4n) is 1.38. The molecular formula is C11H10BrCl2NO4. The summed E-state index contributed by atoms with van der Waals surface area (Å²) < 4.78 is 5.76. The van der Waals surface area contributed by atoms with Crippen molar-refractivity contribution in [1.82, 2.24) is 0 Å². The molecule has 0 heterocycles. The number of ether oxygens (including phenoxy) is 1. The number of nitro groups is 1. The molecule has 0 aromatic heterocycles. The van der Waals surface area contributed by atoms with Gasteiger partial charge in [0.25, 0.3) is 0 Å². The van der Waals surface area contributed by atoms with E-state index in [1.165, 1.54) is 13.0 Å². The normalized spacial score (nSPS) is 13.2. The van der Waals surface area contributed by atoms with E-state index in [1.54, 1.807) is 6.07 Å². The van der Waals surface area contributed by atoms with Crippen LogP contribution in [0.1, 0.15) is 18.6 Å². The molecule has 0 saturated heterocycles. The summed E-state index contributed by atoms with van der Waals surface area (Å²) >= 11 is 14.2. The van der Waals surface area contributed by atoms with Crippen LogP contribution < -0.4 is 4.74 Å². The minimum absolute atomic E-state index is 0.0279. The lowest BCUT2D eigenvalue weighted by Crippen LogP contribution is -2.05. The molecular weight excluding hydrogens is 361 g/mol. The second-order valence-corrected chi connectivity index (χ2v) is 5.24. The van der Waals surface area contributed by atoms with Crippen molar-refractivity contribution >= 4 is 44.8 Å². The molecule has 0 saturated carbocycles. The van der Waals surface area contributed by atoms with Gasteiger partial charge in [-0.15, -0.1) is 0 Å². The van der Waals surface area contributed by atoms with E-state index in [9.17, 15) is 15.2 Å². The zero-order valence-electron chi connectivity index (χ0n) is 9.77. The van der Waals surface area contributed by atoms with Crippen molar-refractivity contribution in [3.8, 4) is 5.75 Å². The van der Waals surface area contributed by atoms with Gasteiger partial charge in [0.15, 0.2) is 0 Å². The topological polar surface area (TPSA) is 72.6 Å². The lowest BCUT2D eigenvalue weighted by atomic mass is 10.1. The van der Waals surface area contributed by atoms with Crippen molar-refractivity contribution in [3.05, 3.63) is 42.9 Å². The summed E-state index contributed by atoms with van der Waals surface area (Å²) in [6, 6.07) is 2.84. The van der Waals surface area contributed by atoms with Gasteiger partial charge in [-0.3, -0.25) is 10.1 Å². The molecule has 1 aromatic rings. The van der Waals surface area contributed by atoms with E-state index in [2.05, 4.69) is 15.9 Å². The Balaban J connectivity index is 3.27. The maximum atomic E-state index is 11.0. The summed E-state index contributed by atoms with van der Waals surface area (Å²) in [6.07, 6.45) is -0.926. The number of nitro benzene ring substituents is 1. The highest BCUT2D eigenvalue weighted by Crippen LogP contribution is 2.38. The predicted octanol–water partition coefficient (Wildman–Crippen LogP) is 4.11. The molecule has 1 aromatic carbocycles. The van der Waals surface area contributed by atoms with E-state index in [0.717, 1.165) is 5.54 Å². The van der Waals surface area contributed by atoms with Crippen LogP contribution in [0.3, 0.4) is 0 Å². The average Bonchev–Trinajstić information content (AvgIpc) is 2.35. The molecule has 1 atom stereocenters. The Kier molecular flexibility index (Phi) is 6.06. The largest absolute Gasteiger partial charge is 0.481 e. The lowest BCUT2D eigenvalue weighted by Gasteiger charge is -2.14. The van der Waals surface area contributed by atoms with Crippen molar-refractivity contribution in [2.75, 3.05) is 6.61 Å². The number of hydrogen-bond acceptors (Lipinski definition) is 4. The van der Waals surface area contributed by atoms with Gasteiger partial charge in [0.2, 0.25) is 5.75 Å². The maximum absolute atomic E-state index is 11.0. The van der Waals surface area contributed by atoms with Crippen LogP contribution in [0.2, 0.25) is 0 Å². The Labute approximate surface area is 128 Å². The van der Waals surface area contributed by atoms with Crippen LogP contribution in [0.4, 0.5) is 5.69 Å². The fraction of sp³-hybridized carbons (Fsp3) is 0.273. The minimum Gasteiger partial charge on any atom is -0.481 e. The summed E-state index contributed by atoms with van der Waals surface area (Å²) in [5, 5.41) is 20.9. The van der Waals surface area contributed by atoms with E-state index >= 15 is 0 Å². The van der Waals surface area contributed by atoms with E-state index in [4.69, 9.17) is 27.9 Å². The predicted molar refractivity (Wildman–Crippen MR) is 76.7 cm³/mol. The Morgan fingerprint density at radius 1 is 1.68 bits per heavy atom. The average molecular weight is 371 g/mol. The summed E-state index contributed by atoms with van der Waals surface area (Å²) in [5.74, 6) is -0.0279. The number of aliphatic hydroxyl groups excluding tert-OH is 1. The molecule has 8 heteroatoms. The van der Waals surface area contributed by atoms with Crippen LogP contribution in [0.25, 0.3) is 0 Å². The molecule has 19 heavy (non-hydrogen) atoms. The van der Waals surface area contributed by atoms with Gasteiger partial charge in [-0.2, -0.15) is 0 Å². The number of aliphatic hydroxyl groups is 1. The van der Waals surface area contributed by atoms with E-state index in [-0.39, 0.29) is 23.1 Å². The first-order valence-corrected chi connectivity index (χ1v) is 6.71. The summed E-state index contributed by atoms with van der Waals surface area (Å²) in [7, 11) is 0. The molecule has 0 fully saturated rings. The number of benzene rings is 1. The second kappa shape index (κ2) is 7.09. The maximum Gasteiger partial charge on any atom is 0.312 e. The van der Waals surface area contributed by atoms with E-state index < -0.39 is 11.0 Å². The highest BCUT2D eigenvalue weighted by atomic mass is 79.9. The summed E-state index contributed by atoms with van der Waals surface area (Å²) in [5.41, 5.74) is 1.14. The Morgan fingerprint density at radius 2 is 2.32 bits per heavy atom.